The van der Waals surface area contributed by atoms with Gasteiger partial charge in [-0.15, -0.1) is 0 Å². The summed E-state index contributed by atoms with van der Waals surface area (Å²) in [5.41, 5.74) is 0. The minimum atomic E-state index is 0.564. The number of anilines is 1. The molecular formula is C18H24N2. The Balaban J connectivity index is 1.83. The molecule has 1 saturated carbocycles. The van der Waals surface area contributed by atoms with Crippen LogP contribution in [0, 0.1) is 5.92 Å². The van der Waals surface area contributed by atoms with Gasteiger partial charge in [0.05, 0.1) is 0 Å². The predicted molar refractivity (Wildman–Crippen MR) is 86.0 cm³/mol. The summed E-state index contributed by atoms with van der Waals surface area (Å²) >= 11 is 0. The van der Waals surface area contributed by atoms with Gasteiger partial charge in [-0.05, 0) is 36.6 Å². The molecule has 3 rings (SSSR count). The minimum Gasteiger partial charge on any atom is -0.367 e. The quantitative estimate of drug-likeness (QED) is 0.843. The molecule has 1 atom stereocenters. The Labute approximate surface area is 121 Å². The van der Waals surface area contributed by atoms with Gasteiger partial charge in [0, 0.05) is 17.6 Å². The number of nitrogens with zero attached hydrogens (tertiary/aromatic N) is 1. The first-order valence-electron chi connectivity index (χ1n) is 7.99. The molecular weight excluding hydrogens is 244 g/mol. The van der Waals surface area contributed by atoms with Crippen molar-refractivity contribution in [3.8, 4) is 0 Å². The van der Waals surface area contributed by atoms with Crippen LogP contribution in [0.15, 0.2) is 36.5 Å². The molecule has 0 saturated heterocycles. The van der Waals surface area contributed by atoms with Gasteiger partial charge in [0.2, 0.25) is 0 Å². The van der Waals surface area contributed by atoms with Crippen molar-refractivity contribution >= 4 is 16.6 Å². The van der Waals surface area contributed by atoms with Crippen LogP contribution in [0.3, 0.4) is 0 Å². The molecule has 0 amide bonds. The third kappa shape index (κ3) is 2.79. The van der Waals surface area contributed by atoms with Crippen LogP contribution < -0.4 is 5.32 Å². The molecule has 106 valence electrons. The van der Waals surface area contributed by atoms with Gasteiger partial charge in [0.1, 0.15) is 5.82 Å². The molecule has 1 aromatic heterocycles. The van der Waals surface area contributed by atoms with E-state index in [0.29, 0.717) is 6.04 Å². The molecule has 1 aliphatic rings. The Morgan fingerprint density at radius 2 is 1.95 bits per heavy atom. The third-order valence-corrected chi connectivity index (χ3v) is 4.65. The number of pyridine rings is 1. The monoisotopic (exact) mass is 268 g/mol. The lowest BCUT2D eigenvalue weighted by molar-refractivity contribution is 0.313. The van der Waals surface area contributed by atoms with E-state index in [9.17, 15) is 0 Å². The van der Waals surface area contributed by atoms with E-state index in [-0.39, 0.29) is 0 Å². The fourth-order valence-corrected chi connectivity index (χ4v) is 3.50. The topological polar surface area (TPSA) is 24.9 Å². The molecule has 2 aromatic rings. The summed E-state index contributed by atoms with van der Waals surface area (Å²) in [7, 11) is 0. The highest BCUT2D eigenvalue weighted by molar-refractivity contribution is 5.91. The van der Waals surface area contributed by atoms with Gasteiger partial charge in [-0.1, -0.05) is 50.5 Å². The lowest BCUT2D eigenvalue weighted by Gasteiger charge is -2.31. The van der Waals surface area contributed by atoms with Crippen molar-refractivity contribution < 1.29 is 0 Å². The molecule has 1 N–H and O–H groups in total. The first kappa shape index (κ1) is 13.4. The maximum atomic E-state index is 4.58. The summed E-state index contributed by atoms with van der Waals surface area (Å²) in [6.45, 7) is 2.29. The lowest BCUT2D eigenvalue weighted by Crippen LogP contribution is -2.30. The van der Waals surface area contributed by atoms with Gasteiger partial charge in [0.25, 0.3) is 0 Å². The van der Waals surface area contributed by atoms with Gasteiger partial charge in [-0.3, -0.25) is 0 Å². The minimum absolute atomic E-state index is 0.564. The van der Waals surface area contributed by atoms with Crippen molar-refractivity contribution in [3.05, 3.63) is 36.5 Å². The zero-order valence-corrected chi connectivity index (χ0v) is 12.3. The van der Waals surface area contributed by atoms with Gasteiger partial charge in [-0.2, -0.15) is 0 Å². The van der Waals surface area contributed by atoms with Crippen molar-refractivity contribution in [3.63, 3.8) is 0 Å². The highest BCUT2D eigenvalue weighted by atomic mass is 15.0. The van der Waals surface area contributed by atoms with Crippen LogP contribution >= 0.6 is 0 Å². The van der Waals surface area contributed by atoms with Crippen molar-refractivity contribution in [2.24, 2.45) is 5.92 Å². The number of hydrogen-bond acceptors (Lipinski definition) is 2. The Bertz CT molecular complexity index is 553. The van der Waals surface area contributed by atoms with Crippen LogP contribution in [0.2, 0.25) is 0 Å². The highest BCUT2D eigenvalue weighted by Gasteiger charge is 2.22. The summed E-state index contributed by atoms with van der Waals surface area (Å²) in [6, 6.07) is 11.2. The maximum absolute atomic E-state index is 4.58. The van der Waals surface area contributed by atoms with E-state index in [1.54, 1.807) is 0 Å². The van der Waals surface area contributed by atoms with Crippen LogP contribution in [0.25, 0.3) is 10.8 Å². The van der Waals surface area contributed by atoms with Gasteiger partial charge < -0.3 is 5.32 Å². The second-order valence-corrected chi connectivity index (χ2v) is 5.94. The molecule has 0 spiro atoms. The maximum Gasteiger partial charge on any atom is 0.134 e. The second-order valence-electron chi connectivity index (χ2n) is 5.94. The number of fused-ring (bicyclic) bond motifs is 1. The second kappa shape index (κ2) is 6.25. The molecule has 1 unspecified atom stereocenters. The van der Waals surface area contributed by atoms with E-state index in [0.717, 1.165) is 11.7 Å². The Morgan fingerprint density at radius 1 is 1.15 bits per heavy atom. The first-order valence-corrected chi connectivity index (χ1v) is 7.99. The normalized spacial score (nSPS) is 18.1. The van der Waals surface area contributed by atoms with Crippen LogP contribution in [-0.4, -0.2) is 11.0 Å². The smallest absolute Gasteiger partial charge is 0.134 e. The zero-order chi connectivity index (χ0) is 13.8. The van der Waals surface area contributed by atoms with Crippen molar-refractivity contribution in [1.82, 2.24) is 4.98 Å². The molecule has 0 radical (unpaired) electrons. The summed E-state index contributed by atoms with van der Waals surface area (Å²) in [5.74, 6) is 1.87. The van der Waals surface area contributed by atoms with E-state index in [1.807, 2.05) is 6.20 Å². The van der Waals surface area contributed by atoms with E-state index in [1.165, 1.54) is 49.3 Å². The average molecular weight is 268 g/mol. The molecule has 1 aliphatic carbocycles. The zero-order valence-electron chi connectivity index (χ0n) is 12.3. The number of benzene rings is 1. The van der Waals surface area contributed by atoms with Crippen LogP contribution in [0.5, 0.6) is 0 Å². The molecule has 2 nitrogen and oxygen atoms in total. The largest absolute Gasteiger partial charge is 0.367 e. The van der Waals surface area contributed by atoms with E-state index in [2.05, 4.69) is 47.6 Å². The molecule has 1 heterocycles. The van der Waals surface area contributed by atoms with Crippen LogP contribution in [0.4, 0.5) is 5.82 Å². The fourth-order valence-electron chi connectivity index (χ4n) is 3.50. The van der Waals surface area contributed by atoms with Gasteiger partial charge in [0.15, 0.2) is 0 Å². The number of nitrogens with one attached hydrogen (secondary N) is 1. The number of aromatic nitrogens is 1. The Kier molecular flexibility index (Phi) is 4.19. The SMILES string of the molecule is CCC(Nc1nccc2ccccc12)C1CCCCC1. The fraction of sp³-hybridized carbons (Fsp3) is 0.500. The van der Waals surface area contributed by atoms with Crippen molar-refractivity contribution in [1.29, 1.82) is 0 Å². The number of rotatable bonds is 4. The van der Waals surface area contributed by atoms with E-state index >= 15 is 0 Å². The van der Waals surface area contributed by atoms with Crippen molar-refractivity contribution in [2.45, 2.75) is 51.5 Å². The summed E-state index contributed by atoms with van der Waals surface area (Å²) < 4.78 is 0. The van der Waals surface area contributed by atoms with E-state index < -0.39 is 0 Å². The summed E-state index contributed by atoms with van der Waals surface area (Å²) in [5, 5.41) is 6.24. The van der Waals surface area contributed by atoms with E-state index in [4.69, 9.17) is 0 Å². The predicted octanol–water partition coefficient (Wildman–Crippen LogP) is 5.01. The summed E-state index contributed by atoms with van der Waals surface area (Å²) in [6.07, 6.45) is 10.0. The standard InChI is InChI=1S/C18H24N2/c1-2-17(15-9-4-3-5-10-15)20-18-16-11-7-6-8-14(16)12-13-19-18/h6-8,11-13,15,17H,2-5,9-10H2,1H3,(H,19,20). The molecule has 0 bridgehead atoms. The van der Waals surface area contributed by atoms with Crippen LogP contribution in [-0.2, 0) is 0 Å². The molecule has 1 aromatic carbocycles. The van der Waals surface area contributed by atoms with Gasteiger partial charge >= 0.3 is 0 Å². The average Bonchev–Trinajstić information content (AvgIpc) is 2.53. The highest BCUT2D eigenvalue weighted by Crippen LogP contribution is 2.30. The molecule has 0 aliphatic heterocycles. The number of hydrogen-bond donors (Lipinski definition) is 1. The van der Waals surface area contributed by atoms with Gasteiger partial charge in [-0.25, -0.2) is 4.98 Å². The first-order chi connectivity index (χ1) is 9.88. The lowest BCUT2D eigenvalue weighted by atomic mass is 9.83. The summed E-state index contributed by atoms with van der Waals surface area (Å²) in [4.78, 5) is 4.58. The van der Waals surface area contributed by atoms with Crippen molar-refractivity contribution in [2.75, 3.05) is 5.32 Å². The molecule has 1 fully saturated rings. The van der Waals surface area contributed by atoms with Crippen LogP contribution in [0.1, 0.15) is 45.4 Å². The third-order valence-electron chi connectivity index (χ3n) is 4.65. The Hall–Kier alpha value is -1.57. The molecule has 2 heteroatoms. The molecule has 20 heavy (non-hydrogen) atoms. The Morgan fingerprint density at radius 3 is 2.75 bits per heavy atom.